The van der Waals surface area contributed by atoms with E-state index in [-0.39, 0.29) is 0 Å². The third-order valence-corrected chi connectivity index (χ3v) is 4.17. The minimum absolute atomic E-state index is 0.530. The van der Waals surface area contributed by atoms with E-state index in [9.17, 15) is 0 Å². The van der Waals surface area contributed by atoms with Crippen LogP contribution in [0, 0.1) is 16.7 Å². The monoisotopic (exact) mass is 208 g/mol. The second-order valence-electron chi connectivity index (χ2n) is 6.02. The van der Waals surface area contributed by atoms with Crippen LogP contribution < -0.4 is 0 Å². The number of nitrogens with zero attached hydrogens (tertiary/aromatic N) is 1. The van der Waals surface area contributed by atoms with Gasteiger partial charge in [-0.25, -0.2) is 0 Å². The summed E-state index contributed by atoms with van der Waals surface area (Å²) < 4.78 is 0. The molecular weight excluding hydrogens is 184 g/mol. The first-order valence-electron chi connectivity index (χ1n) is 6.42. The summed E-state index contributed by atoms with van der Waals surface area (Å²) in [6, 6.07) is 0. The van der Waals surface area contributed by atoms with Gasteiger partial charge in [0.25, 0.3) is 0 Å². The average Bonchev–Trinajstić information content (AvgIpc) is 2.69. The summed E-state index contributed by atoms with van der Waals surface area (Å²) in [6.07, 6.45) is 7.66. The molecule has 1 aliphatic heterocycles. The highest BCUT2D eigenvalue weighted by molar-refractivity contribution is 5.82. The molecule has 0 unspecified atom stereocenters. The predicted octanol–water partition coefficient (Wildman–Crippen LogP) is 3.28. The topological polar surface area (TPSA) is 27.1 Å². The first kappa shape index (κ1) is 11.0. The molecule has 86 valence electrons. The van der Waals surface area contributed by atoms with Crippen molar-refractivity contribution in [2.45, 2.75) is 52.4 Å². The van der Waals surface area contributed by atoms with E-state index in [0.29, 0.717) is 11.3 Å². The number of likely N-dealkylation sites (tertiary alicyclic amines) is 1. The van der Waals surface area contributed by atoms with Gasteiger partial charge in [-0.3, -0.25) is 5.41 Å². The standard InChI is InChI=1S/C13H24N2/c1-13(2)7-5-11(6-8-13)12(14)15-9-3-4-10-15/h11,14H,3-10H2,1-2H3. The predicted molar refractivity (Wildman–Crippen MR) is 64.3 cm³/mol. The van der Waals surface area contributed by atoms with E-state index in [0.717, 1.165) is 18.9 Å². The van der Waals surface area contributed by atoms with Gasteiger partial charge >= 0.3 is 0 Å². The van der Waals surface area contributed by atoms with E-state index in [1.54, 1.807) is 0 Å². The van der Waals surface area contributed by atoms with Crippen LogP contribution in [-0.2, 0) is 0 Å². The van der Waals surface area contributed by atoms with E-state index in [1.165, 1.54) is 38.5 Å². The van der Waals surface area contributed by atoms with Gasteiger partial charge < -0.3 is 4.90 Å². The smallest absolute Gasteiger partial charge is 0.0989 e. The highest BCUT2D eigenvalue weighted by Crippen LogP contribution is 2.38. The lowest BCUT2D eigenvalue weighted by Gasteiger charge is -2.36. The Morgan fingerprint density at radius 3 is 2.20 bits per heavy atom. The highest BCUT2D eigenvalue weighted by atomic mass is 15.2. The Bertz CT molecular complexity index is 229. The van der Waals surface area contributed by atoms with Gasteiger partial charge in [0.1, 0.15) is 0 Å². The first-order valence-corrected chi connectivity index (χ1v) is 6.42. The van der Waals surface area contributed by atoms with Crippen LogP contribution in [0.1, 0.15) is 52.4 Å². The van der Waals surface area contributed by atoms with Gasteiger partial charge in [-0.15, -0.1) is 0 Å². The van der Waals surface area contributed by atoms with Crippen LogP contribution in [0.15, 0.2) is 0 Å². The van der Waals surface area contributed by atoms with Crippen molar-refractivity contribution in [1.82, 2.24) is 4.90 Å². The molecule has 1 N–H and O–H groups in total. The molecule has 2 fully saturated rings. The fourth-order valence-corrected chi connectivity index (χ4v) is 2.89. The van der Waals surface area contributed by atoms with Crippen LogP contribution in [-0.4, -0.2) is 23.8 Å². The molecule has 2 heteroatoms. The second kappa shape index (κ2) is 4.15. The van der Waals surface area contributed by atoms with Crippen molar-refractivity contribution in [3.63, 3.8) is 0 Å². The van der Waals surface area contributed by atoms with Crippen molar-refractivity contribution in [2.24, 2.45) is 11.3 Å². The minimum atomic E-state index is 0.530. The SMILES string of the molecule is CC1(C)CCC(C(=N)N2CCCC2)CC1. The molecule has 2 rings (SSSR count). The van der Waals surface area contributed by atoms with E-state index in [4.69, 9.17) is 5.41 Å². The normalized spacial score (nSPS) is 26.9. The van der Waals surface area contributed by atoms with Gasteiger partial charge in [-0.05, 0) is 43.9 Å². The Morgan fingerprint density at radius 2 is 1.67 bits per heavy atom. The molecule has 1 heterocycles. The lowest BCUT2D eigenvalue weighted by atomic mass is 9.72. The summed E-state index contributed by atoms with van der Waals surface area (Å²) in [7, 11) is 0. The van der Waals surface area contributed by atoms with Crippen molar-refractivity contribution in [1.29, 1.82) is 5.41 Å². The van der Waals surface area contributed by atoms with Crippen molar-refractivity contribution >= 4 is 5.84 Å². The summed E-state index contributed by atoms with van der Waals surface area (Å²) in [5.74, 6) is 1.51. The molecule has 1 saturated heterocycles. The molecule has 0 aromatic carbocycles. The minimum Gasteiger partial charge on any atom is -0.360 e. The molecule has 15 heavy (non-hydrogen) atoms. The third kappa shape index (κ3) is 2.53. The van der Waals surface area contributed by atoms with Crippen LogP contribution in [0.5, 0.6) is 0 Å². The van der Waals surface area contributed by atoms with E-state index < -0.39 is 0 Å². The molecule has 0 radical (unpaired) electrons. The van der Waals surface area contributed by atoms with Crippen LogP contribution in [0.4, 0.5) is 0 Å². The lowest BCUT2D eigenvalue weighted by Crippen LogP contribution is -2.36. The number of amidine groups is 1. The fraction of sp³-hybridized carbons (Fsp3) is 0.923. The summed E-state index contributed by atoms with van der Waals surface area (Å²) in [5.41, 5.74) is 0.530. The highest BCUT2D eigenvalue weighted by Gasteiger charge is 2.31. The van der Waals surface area contributed by atoms with Gasteiger partial charge in [-0.1, -0.05) is 13.8 Å². The zero-order valence-corrected chi connectivity index (χ0v) is 10.2. The van der Waals surface area contributed by atoms with Crippen molar-refractivity contribution < 1.29 is 0 Å². The Labute approximate surface area is 93.6 Å². The molecular formula is C13H24N2. The maximum Gasteiger partial charge on any atom is 0.0989 e. The third-order valence-electron chi connectivity index (χ3n) is 4.17. The maximum absolute atomic E-state index is 8.24. The molecule has 0 spiro atoms. The van der Waals surface area contributed by atoms with Gasteiger partial charge in [0.15, 0.2) is 0 Å². The molecule has 0 bridgehead atoms. The Kier molecular flexibility index (Phi) is 3.03. The molecule has 1 aliphatic carbocycles. The van der Waals surface area contributed by atoms with Crippen molar-refractivity contribution in [2.75, 3.05) is 13.1 Å². The number of hydrogen-bond acceptors (Lipinski definition) is 1. The molecule has 2 aliphatic rings. The second-order valence-corrected chi connectivity index (χ2v) is 6.02. The molecule has 2 nitrogen and oxygen atoms in total. The van der Waals surface area contributed by atoms with E-state index in [1.807, 2.05) is 0 Å². The van der Waals surface area contributed by atoms with Crippen LogP contribution in [0.2, 0.25) is 0 Å². The van der Waals surface area contributed by atoms with Crippen molar-refractivity contribution in [3.8, 4) is 0 Å². The van der Waals surface area contributed by atoms with Gasteiger partial charge in [0.2, 0.25) is 0 Å². The quantitative estimate of drug-likeness (QED) is 0.519. The van der Waals surface area contributed by atoms with E-state index in [2.05, 4.69) is 18.7 Å². The molecule has 0 aromatic rings. The number of nitrogens with one attached hydrogen (secondary N) is 1. The fourth-order valence-electron chi connectivity index (χ4n) is 2.89. The Hall–Kier alpha value is -0.530. The largest absolute Gasteiger partial charge is 0.360 e. The molecule has 0 atom stereocenters. The molecule has 0 amide bonds. The van der Waals surface area contributed by atoms with E-state index >= 15 is 0 Å². The number of rotatable bonds is 1. The van der Waals surface area contributed by atoms with Crippen LogP contribution in [0.3, 0.4) is 0 Å². The zero-order valence-electron chi connectivity index (χ0n) is 10.2. The van der Waals surface area contributed by atoms with Crippen molar-refractivity contribution in [3.05, 3.63) is 0 Å². The summed E-state index contributed by atoms with van der Waals surface area (Å²) in [6.45, 7) is 7.00. The maximum atomic E-state index is 8.24. The Morgan fingerprint density at radius 1 is 1.13 bits per heavy atom. The average molecular weight is 208 g/mol. The lowest BCUT2D eigenvalue weighted by molar-refractivity contribution is 0.213. The summed E-state index contributed by atoms with van der Waals surface area (Å²) in [4.78, 5) is 2.31. The number of hydrogen-bond donors (Lipinski definition) is 1. The zero-order chi connectivity index (χ0) is 10.9. The van der Waals surface area contributed by atoms with Crippen LogP contribution in [0.25, 0.3) is 0 Å². The molecule has 0 aromatic heterocycles. The Balaban J connectivity index is 1.87. The summed E-state index contributed by atoms with van der Waals surface area (Å²) >= 11 is 0. The summed E-state index contributed by atoms with van der Waals surface area (Å²) in [5, 5.41) is 8.24. The van der Waals surface area contributed by atoms with Gasteiger partial charge in [-0.2, -0.15) is 0 Å². The van der Waals surface area contributed by atoms with Gasteiger partial charge in [0, 0.05) is 19.0 Å². The van der Waals surface area contributed by atoms with Gasteiger partial charge in [0.05, 0.1) is 5.84 Å². The molecule has 1 saturated carbocycles. The van der Waals surface area contributed by atoms with Crippen LogP contribution >= 0.6 is 0 Å². The first-order chi connectivity index (χ1) is 7.08.